The van der Waals surface area contributed by atoms with Crippen molar-refractivity contribution in [3.05, 3.63) is 93.0 Å². The number of carbonyl (C=O) groups is 2. The Morgan fingerprint density at radius 3 is 2.18 bits per heavy atom. The van der Waals surface area contributed by atoms with Gasteiger partial charge in [0.15, 0.2) is 0 Å². The van der Waals surface area contributed by atoms with E-state index in [1.165, 1.54) is 26.4 Å². The predicted molar refractivity (Wildman–Crippen MR) is 121 cm³/mol. The monoisotopic (exact) mass is 470 g/mol. The van der Waals surface area contributed by atoms with Crippen molar-refractivity contribution in [2.45, 2.75) is 6.10 Å². The molecule has 3 aromatic rings. The maximum Gasteiger partial charge on any atom is 0.346 e. The van der Waals surface area contributed by atoms with Crippen molar-refractivity contribution in [3.8, 4) is 11.5 Å². The molecule has 3 aromatic carbocycles. The fourth-order valence-electron chi connectivity index (χ4n) is 3.06. The van der Waals surface area contributed by atoms with Crippen molar-refractivity contribution in [2.24, 2.45) is 0 Å². The number of anilines is 1. The molecule has 170 valence electrons. The topological polar surface area (TPSA) is 117 Å². The Bertz CT molecular complexity index is 1160. The number of ether oxygens (including phenoxy) is 3. The van der Waals surface area contributed by atoms with E-state index in [2.05, 4.69) is 5.32 Å². The average Bonchev–Trinajstić information content (AvgIpc) is 2.83. The summed E-state index contributed by atoms with van der Waals surface area (Å²) < 4.78 is 16.1. The van der Waals surface area contributed by atoms with Gasteiger partial charge in [0, 0.05) is 17.3 Å². The standard InChI is InChI=1S/C23H19ClN2O7/c1-31-18-9-6-10-19(32-2)20(18)23(28)33-21(14-7-4-3-5-8-14)22(27)25-15-11-12-16(24)17(13-15)26(29)30/h3-13,21H,1-2H3,(H,25,27). The highest BCUT2D eigenvalue weighted by atomic mass is 35.5. The molecule has 1 atom stereocenters. The smallest absolute Gasteiger partial charge is 0.346 e. The number of nitrogens with one attached hydrogen (secondary N) is 1. The number of benzene rings is 3. The van der Waals surface area contributed by atoms with Crippen LogP contribution in [0.1, 0.15) is 22.0 Å². The van der Waals surface area contributed by atoms with E-state index in [1.807, 2.05) is 0 Å². The SMILES string of the molecule is COc1cccc(OC)c1C(=O)OC(C(=O)Nc1ccc(Cl)c([N+](=O)[O-])c1)c1ccccc1. The van der Waals surface area contributed by atoms with Crippen LogP contribution in [0.15, 0.2) is 66.7 Å². The van der Waals surface area contributed by atoms with Crippen LogP contribution >= 0.6 is 11.6 Å². The number of esters is 1. The van der Waals surface area contributed by atoms with Crippen LogP contribution in [0.25, 0.3) is 0 Å². The first-order valence-electron chi connectivity index (χ1n) is 9.57. The molecule has 0 aliphatic carbocycles. The quantitative estimate of drug-likeness (QED) is 0.285. The third kappa shape index (κ3) is 5.39. The Balaban J connectivity index is 1.94. The zero-order valence-electron chi connectivity index (χ0n) is 17.6. The van der Waals surface area contributed by atoms with E-state index in [1.54, 1.807) is 48.5 Å². The first kappa shape index (κ1) is 23.6. The maximum atomic E-state index is 13.1. The van der Waals surface area contributed by atoms with Gasteiger partial charge in [-0.15, -0.1) is 0 Å². The molecule has 0 fully saturated rings. The van der Waals surface area contributed by atoms with Gasteiger partial charge in [0.25, 0.3) is 11.6 Å². The molecule has 1 N–H and O–H groups in total. The summed E-state index contributed by atoms with van der Waals surface area (Å²) in [5, 5.41) is 13.6. The number of methoxy groups -OCH3 is 2. The number of halogens is 1. The second-order valence-corrected chi connectivity index (χ2v) is 7.05. The normalized spacial score (nSPS) is 11.2. The summed E-state index contributed by atoms with van der Waals surface area (Å²) >= 11 is 5.83. The highest BCUT2D eigenvalue weighted by Crippen LogP contribution is 2.32. The van der Waals surface area contributed by atoms with Gasteiger partial charge in [0.05, 0.1) is 19.1 Å². The molecular weight excluding hydrogens is 452 g/mol. The summed E-state index contributed by atoms with van der Waals surface area (Å²) in [7, 11) is 2.78. The lowest BCUT2D eigenvalue weighted by atomic mass is 10.1. The summed E-state index contributed by atoms with van der Waals surface area (Å²) in [6.45, 7) is 0. The molecule has 10 heteroatoms. The van der Waals surface area contributed by atoms with Crippen LogP contribution in [0.2, 0.25) is 5.02 Å². The number of nitro benzene ring substituents is 1. The maximum absolute atomic E-state index is 13.1. The third-order valence-electron chi connectivity index (χ3n) is 4.61. The number of carbonyl (C=O) groups excluding carboxylic acids is 2. The number of hydrogen-bond donors (Lipinski definition) is 1. The summed E-state index contributed by atoms with van der Waals surface area (Å²) in [5.74, 6) is -1.16. The van der Waals surface area contributed by atoms with Gasteiger partial charge in [-0.3, -0.25) is 14.9 Å². The van der Waals surface area contributed by atoms with Gasteiger partial charge in [-0.25, -0.2) is 4.79 Å². The Morgan fingerprint density at radius 1 is 0.970 bits per heavy atom. The largest absolute Gasteiger partial charge is 0.496 e. The molecule has 0 saturated heterocycles. The van der Waals surface area contributed by atoms with Crippen LogP contribution in [0.5, 0.6) is 11.5 Å². The van der Waals surface area contributed by atoms with Gasteiger partial charge >= 0.3 is 5.97 Å². The summed E-state index contributed by atoms with van der Waals surface area (Å²) in [6.07, 6.45) is -1.37. The van der Waals surface area contributed by atoms with Gasteiger partial charge in [-0.1, -0.05) is 48.0 Å². The fraction of sp³-hybridized carbons (Fsp3) is 0.130. The van der Waals surface area contributed by atoms with Crippen molar-refractivity contribution in [2.75, 3.05) is 19.5 Å². The van der Waals surface area contributed by atoms with Crippen LogP contribution < -0.4 is 14.8 Å². The molecule has 0 saturated carbocycles. The van der Waals surface area contributed by atoms with Crippen molar-refractivity contribution < 1.29 is 28.7 Å². The molecule has 0 heterocycles. The lowest BCUT2D eigenvalue weighted by Crippen LogP contribution is -2.26. The van der Waals surface area contributed by atoms with E-state index in [0.717, 1.165) is 6.07 Å². The number of rotatable bonds is 8. The minimum atomic E-state index is -1.37. The molecule has 33 heavy (non-hydrogen) atoms. The van der Waals surface area contributed by atoms with E-state index in [4.69, 9.17) is 25.8 Å². The van der Waals surface area contributed by atoms with Crippen LogP contribution in [-0.2, 0) is 9.53 Å². The van der Waals surface area contributed by atoms with E-state index in [9.17, 15) is 19.7 Å². The Hall–Kier alpha value is -4.11. The lowest BCUT2D eigenvalue weighted by Gasteiger charge is -2.19. The molecule has 0 aliphatic rings. The van der Waals surface area contributed by atoms with E-state index >= 15 is 0 Å². The predicted octanol–water partition coefficient (Wildman–Crippen LogP) is 4.80. The lowest BCUT2D eigenvalue weighted by molar-refractivity contribution is -0.384. The van der Waals surface area contributed by atoms with Crippen molar-refractivity contribution in [1.82, 2.24) is 0 Å². The zero-order chi connectivity index (χ0) is 24.0. The van der Waals surface area contributed by atoms with E-state index in [0.29, 0.717) is 5.56 Å². The van der Waals surface area contributed by atoms with Gasteiger partial charge in [0.1, 0.15) is 22.1 Å². The van der Waals surface area contributed by atoms with Crippen molar-refractivity contribution >= 4 is 34.9 Å². The summed E-state index contributed by atoms with van der Waals surface area (Å²) in [6, 6.07) is 16.9. The van der Waals surface area contributed by atoms with E-state index in [-0.39, 0.29) is 33.5 Å². The number of nitrogens with zero attached hydrogens (tertiary/aromatic N) is 1. The summed E-state index contributed by atoms with van der Waals surface area (Å²) in [4.78, 5) is 36.7. The fourth-order valence-corrected chi connectivity index (χ4v) is 3.24. The first-order chi connectivity index (χ1) is 15.8. The van der Waals surface area contributed by atoms with E-state index < -0.39 is 22.9 Å². The summed E-state index contributed by atoms with van der Waals surface area (Å²) in [5.41, 5.74) is 0.142. The average molecular weight is 471 g/mol. The molecule has 3 rings (SSSR count). The molecule has 1 unspecified atom stereocenters. The molecule has 1 amide bonds. The van der Waals surface area contributed by atoms with Gasteiger partial charge in [-0.05, 0) is 24.3 Å². The van der Waals surface area contributed by atoms with Crippen LogP contribution in [0, 0.1) is 10.1 Å². The molecule has 0 spiro atoms. The Labute approximate surface area is 194 Å². The minimum absolute atomic E-state index is 0.0124. The van der Waals surface area contributed by atoms with Crippen LogP contribution in [-0.4, -0.2) is 31.0 Å². The van der Waals surface area contributed by atoms with Gasteiger partial charge in [0.2, 0.25) is 6.10 Å². The molecule has 9 nitrogen and oxygen atoms in total. The van der Waals surface area contributed by atoms with Gasteiger partial charge in [-0.2, -0.15) is 0 Å². The molecule has 0 aromatic heterocycles. The van der Waals surface area contributed by atoms with Crippen LogP contribution in [0.4, 0.5) is 11.4 Å². The second kappa shape index (κ2) is 10.5. The minimum Gasteiger partial charge on any atom is -0.496 e. The molecule has 0 radical (unpaired) electrons. The van der Waals surface area contributed by atoms with Gasteiger partial charge < -0.3 is 19.5 Å². The highest BCUT2D eigenvalue weighted by molar-refractivity contribution is 6.32. The number of nitro groups is 1. The molecule has 0 aliphatic heterocycles. The van der Waals surface area contributed by atoms with Crippen molar-refractivity contribution in [1.29, 1.82) is 0 Å². The zero-order valence-corrected chi connectivity index (χ0v) is 18.4. The molecular formula is C23H19ClN2O7. The Morgan fingerprint density at radius 2 is 1.61 bits per heavy atom. The number of hydrogen-bond acceptors (Lipinski definition) is 7. The second-order valence-electron chi connectivity index (χ2n) is 6.65. The highest BCUT2D eigenvalue weighted by Gasteiger charge is 2.29. The molecule has 0 bridgehead atoms. The Kier molecular flexibility index (Phi) is 7.47. The van der Waals surface area contributed by atoms with Crippen molar-refractivity contribution in [3.63, 3.8) is 0 Å². The third-order valence-corrected chi connectivity index (χ3v) is 4.93. The number of amides is 1. The first-order valence-corrected chi connectivity index (χ1v) is 9.95. The van der Waals surface area contributed by atoms with Crippen LogP contribution in [0.3, 0.4) is 0 Å².